The number of rotatable bonds is 4. The molecule has 4 aromatic heterocycles. The third-order valence-corrected chi connectivity index (χ3v) is 5.22. The fraction of sp³-hybridized carbons (Fsp3) is 0.0909. The van der Waals surface area contributed by atoms with Gasteiger partial charge >= 0.3 is 11.9 Å². The topological polar surface area (TPSA) is 136 Å². The summed E-state index contributed by atoms with van der Waals surface area (Å²) in [4.78, 5) is 54.7. The van der Waals surface area contributed by atoms with E-state index in [2.05, 4.69) is 30.1 Å². The number of halogens is 3. The van der Waals surface area contributed by atoms with Crippen LogP contribution in [-0.4, -0.2) is 29.5 Å². The Balaban J connectivity index is 1.81. The van der Waals surface area contributed by atoms with Crippen LogP contribution in [0.15, 0.2) is 69.8 Å². The number of hydrogen-bond acceptors (Lipinski definition) is 8. The number of pyridine rings is 2. The summed E-state index contributed by atoms with van der Waals surface area (Å²) in [7, 11) is 0. The summed E-state index contributed by atoms with van der Waals surface area (Å²) in [5.41, 5.74) is -1.56. The molecule has 13 heteroatoms. The van der Waals surface area contributed by atoms with E-state index >= 15 is 0 Å². The lowest BCUT2D eigenvalue weighted by atomic mass is 10.1. The molecular weight excluding hydrogens is 467 g/mol. The van der Waals surface area contributed by atoms with Gasteiger partial charge in [-0.25, -0.2) is 19.7 Å². The van der Waals surface area contributed by atoms with Crippen molar-refractivity contribution in [1.82, 2.24) is 29.5 Å². The fourth-order valence-corrected chi connectivity index (χ4v) is 3.62. The third kappa shape index (κ3) is 3.92. The van der Waals surface area contributed by atoms with E-state index in [0.717, 1.165) is 22.8 Å². The first-order valence-electron chi connectivity index (χ1n) is 9.99. The second-order valence-electron chi connectivity index (χ2n) is 7.40. The number of hydrogen-bond donors (Lipinski definition) is 1. The van der Waals surface area contributed by atoms with E-state index < -0.39 is 23.0 Å². The molecule has 1 aromatic carbocycles. The molecule has 0 saturated carbocycles. The lowest BCUT2D eigenvalue weighted by Gasteiger charge is -2.14. The first-order chi connectivity index (χ1) is 16.8. The number of aromatic nitrogens is 6. The standard InChI is InChI=1S/C22H12F3N7O3/c23-22(24,25)12-2-1-3-13(6-12)32-19-14(20(33)31-21(32)34)9-26-16-5-4-15(30-18(16)19)11-7-27-17(10-29-35)28-8-11/h1-9H,10H2,(H,31,33,34). The van der Waals surface area contributed by atoms with Crippen molar-refractivity contribution < 1.29 is 13.2 Å². The molecule has 0 amide bonds. The first kappa shape index (κ1) is 22.0. The number of H-pyrrole nitrogens is 1. The number of aromatic amines is 1. The maximum absolute atomic E-state index is 13.3. The average Bonchev–Trinajstić information content (AvgIpc) is 2.84. The minimum Gasteiger partial charge on any atom is -0.273 e. The van der Waals surface area contributed by atoms with Crippen molar-refractivity contribution in [2.75, 3.05) is 0 Å². The predicted octanol–water partition coefficient (Wildman–Crippen LogP) is 3.36. The normalized spacial score (nSPS) is 11.7. The first-order valence-corrected chi connectivity index (χ1v) is 9.99. The maximum atomic E-state index is 13.3. The van der Waals surface area contributed by atoms with Gasteiger partial charge in [-0.05, 0) is 30.3 Å². The SMILES string of the molecule is O=NCc1ncc(-c2ccc3ncc4c(=O)[nH]c(=O)n(-c5cccc(C(F)(F)F)c5)c4c3n2)cn1. The van der Waals surface area contributed by atoms with Crippen LogP contribution in [0.1, 0.15) is 11.4 Å². The van der Waals surface area contributed by atoms with Crippen LogP contribution in [0.4, 0.5) is 13.2 Å². The summed E-state index contributed by atoms with van der Waals surface area (Å²) in [5, 5.41) is 2.69. The molecule has 0 bridgehead atoms. The van der Waals surface area contributed by atoms with E-state index in [0.29, 0.717) is 16.8 Å². The molecule has 174 valence electrons. The highest BCUT2D eigenvalue weighted by molar-refractivity contribution is 6.01. The zero-order valence-electron chi connectivity index (χ0n) is 17.4. The summed E-state index contributed by atoms with van der Waals surface area (Å²) in [6.45, 7) is -0.202. The minimum absolute atomic E-state index is 0.00684. The molecule has 0 fully saturated rings. The Morgan fingerprint density at radius 3 is 2.49 bits per heavy atom. The summed E-state index contributed by atoms with van der Waals surface area (Å²) >= 11 is 0. The molecule has 0 atom stereocenters. The van der Waals surface area contributed by atoms with E-state index in [1.165, 1.54) is 24.7 Å². The quantitative estimate of drug-likeness (QED) is 0.308. The molecule has 0 aliphatic heterocycles. The number of benzene rings is 1. The number of nitroso groups, excluding NO2 is 1. The molecule has 0 aliphatic carbocycles. The van der Waals surface area contributed by atoms with E-state index in [1.807, 2.05) is 0 Å². The van der Waals surface area contributed by atoms with Gasteiger partial charge in [0.15, 0.2) is 5.82 Å². The molecule has 0 spiro atoms. The number of nitrogens with zero attached hydrogens (tertiary/aromatic N) is 6. The molecule has 0 radical (unpaired) electrons. The Kier molecular flexibility index (Phi) is 5.16. The van der Waals surface area contributed by atoms with Gasteiger partial charge in [0.1, 0.15) is 12.1 Å². The Bertz CT molecular complexity index is 1730. The largest absolute Gasteiger partial charge is 0.416 e. The van der Waals surface area contributed by atoms with Crippen LogP contribution in [0, 0.1) is 4.91 Å². The van der Waals surface area contributed by atoms with Crippen LogP contribution in [0.2, 0.25) is 0 Å². The molecule has 10 nitrogen and oxygen atoms in total. The molecule has 0 aliphatic rings. The molecular formula is C22H12F3N7O3. The van der Waals surface area contributed by atoms with Gasteiger partial charge in [-0.3, -0.25) is 19.3 Å². The Hall–Kier alpha value is -4.81. The smallest absolute Gasteiger partial charge is 0.273 e. The van der Waals surface area contributed by atoms with Crippen LogP contribution >= 0.6 is 0 Å². The van der Waals surface area contributed by atoms with Crippen LogP contribution in [0.3, 0.4) is 0 Å². The molecule has 5 aromatic rings. The molecule has 0 unspecified atom stereocenters. The highest BCUT2D eigenvalue weighted by atomic mass is 19.4. The number of fused-ring (bicyclic) bond motifs is 3. The summed E-state index contributed by atoms with van der Waals surface area (Å²) in [6, 6.07) is 7.36. The van der Waals surface area contributed by atoms with Crippen LogP contribution in [0.25, 0.3) is 38.9 Å². The molecule has 1 N–H and O–H groups in total. The average molecular weight is 479 g/mol. The van der Waals surface area contributed by atoms with Crippen LogP contribution < -0.4 is 11.2 Å². The van der Waals surface area contributed by atoms with Crippen LogP contribution in [0.5, 0.6) is 0 Å². The highest BCUT2D eigenvalue weighted by Gasteiger charge is 2.31. The van der Waals surface area contributed by atoms with E-state index in [-0.39, 0.29) is 34.5 Å². The van der Waals surface area contributed by atoms with E-state index in [9.17, 15) is 27.7 Å². The van der Waals surface area contributed by atoms with Crippen molar-refractivity contribution in [2.24, 2.45) is 5.18 Å². The minimum atomic E-state index is -4.64. The Morgan fingerprint density at radius 1 is 1.00 bits per heavy atom. The maximum Gasteiger partial charge on any atom is 0.416 e. The van der Waals surface area contributed by atoms with Crippen molar-refractivity contribution in [2.45, 2.75) is 12.7 Å². The van der Waals surface area contributed by atoms with Crippen molar-refractivity contribution in [1.29, 1.82) is 0 Å². The van der Waals surface area contributed by atoms with Crippen molar-refractivity contribution in [3.8, 4) is 16.9 Å². The van der Waals surface area contributed by atoms with E-state index in [1.54, 1.807) is 12.1 Å². The van der Waals surface area contributed by atoms with Gasteiger partial charge in [-0.2, -0.15) is 18.1 Å². The Morgan fingerprint density at radius 2 is 1.77 bits per heavy atom. The molecule has 4 heterocycles. The lowest BCUT2D eigenvalue weighted by Crippen LogP contribution is -2.29. The van der Waals surface area contributed by atoms with Gasteiger partial charge in [-0.15, -0.1) is 0 Å². The lowest BCUT2D eigenvalue weighted by molar-refractivity contribution is -0.137. The van der Waals surface area contributed by atoms with Crippen molar-refractivity contribution >= 4 is 21.9 Å². The van der Waals surface area contributed by atoms with Gasteiger partial charge in [0.05, 0.1) is 33.4 Å². The number of nitrogens with one attached hydrogen (secondary N) is 1. The Labute approximate surface area is 192 Å². The molecule has 35 heavy (non-hydrogen) atoms. The monoisotopic (exact) mass is 479 g/mol. The zero-order chi connectivity index (χ0) is 24.7. The van der Waals surface area contributed by atoms with Gasteiger partial charge in [-0.1, -0.05) is 11.2 Å². The third-order valence-electron chi connectivity index (χ3n) is 5.22. The molecule has 5 rings (SSSR count). The van der Waals surface area contributed by atoms with Gasteiger partial charge in [0, 0.05) is 24.2 Å². The fourth-order valence-electron chi connectivity index (χ4n) is 3.62. The second-order valence-corrected chi connectivity index (χ2v) is 7.40. The van der Waals surface area contributed by atoms with E-state index in [4.69, 9.17) is 0 Å². The zero-order valence-corrected chi connectivity index (χ0v) is 17.4. The molecule has 0 saturated heterocycles. The summed E-state index contributed by atoms with van der Waals surface area (Å²) < 4.78 is 41.0. The van der Waals surface area contributed by atoms with Crippen molar-refractivity contribution in [3.05, 3.63) is 92.1 Å². The van der Waals surface area contributed by atoms with Gasteiger partial charge < -0.3 is 0 Å². The summed E-state index contributed by atoms with van der Waals surface area (Å²) in [6.07, 6.45) is -0.566. The van der Waals surface area contributed by atoms with Crippen LogP contribution in [-0.2, 0) is 12.7 Å². The predicted molar refractivity (Wildman–Crippen MR) is 119 cm³/mol. The van der Waals surface area contributed by atoms with Crippen molar-refractivity contribution in [3.63, 3.8) is 0 Å². The summed E-state index contributed by atoms with van der Waals surface area (Å²) in [5.74, 6) is 0.210. The van der Waals surface area contributed by atoms with Gasteiger partial charge in [0.25, 0.3) is 5.56 Å². The van der Waals surface area contributed by atoms with Gasteiger partial charge in [0.2, 0.25) is 0 Å². The highest BCUT2D eigenvalue weighted by Crippen LogP contribution is 2.31. The number of alkyl halides is 3. The second kappa shape index (κ2) is 8.20.